The van der Waals surface area contributed by atoms with Crippen LogP contribution in [0, 0.1) is 12.8 Å². The molecule has 112 valence electrons. The molecule has 1 aromatic rings. The van der Waals surface area contributed by atoms with E-state index >= 15 is 0 Å². The van der Waals surface area contributed by atoms with Gasteiger partial charge in [-0.2, -0.15) is 0 Å². The van der Waals surface area contributed by atoms with Gasteiger partial charge < -0.3 is 10.2 Å². The number of aryl methyl sites for hydroxylation is 1. The van der Waals surface area contributed by atoms with E-state index in [0.29, 0.717) is 0 Å². The summed E-state index contributed by atoms with van der Waals surface area (Å²) in [6, 6.07) is 2.27. The lowest BCUT2D eigenvalue weighted by Crippen LogP contribution is -2.26. The van der Waals surface area contributed by atoms with Crippen LogP contribution in [0.15, 0.2) is 12.3 Å². The molecule has 1 saturated heterocycles. The molecule has 1 aliphatic heterocycles. The van der Waals surface area contributed by atoms with E-state index in [2.05, 4.69) is 30.1 Å². The molecule has 0 bridgehead atoms. The highest BCUT2D eigenvalue weighted by Gasteiger charge is 2.18. The molecule has 0 saturated carbocycles. The van der Waals surface area contributed by atoms with E-state index in [-0.39, 0.29) is 0 Å². The molecule has 1 aromatic heterocycles. The highest BCUT2D eigenvalue weighted by Crippen LogP contribution is 2.26. The highest BCUT2D eigenvalue weighted by molar-refractivity contribution is 5.47. The number of anilines is 1. The number of hydrogen-bond donors (Lipinski definition) is 1. The predicted molar refractivity (Wildman–Crippen MR) is 86.2 cm³/mol. The van der Waals surface area contributed by atoms with Crippen molar-refractivity contribution in [1.29, 1.82) is 0 Å². The summed E-state index contributed by atoms with van der Waals surface area (Å²) in [4.78, 5) is 7.21. The van der Waals surface area contributed by atoms with Crippen LogP contribution in [0.25, 0.3) is 0 Å². The van der Waals surface area contributed by atoms with Gasteiger partial charge in [-0.1, -0.05) is 19.8 Å². The van der Waals surface area contributed by atoms with Crippen molar-refractivity contribution in [2.75, 3.05) is 25.0 Å². The Kier molecular flexibility index (Phi) is 5.84. The van der Waals surface area contributed by atoms with E-state index in [1.807, 2.05) is 13.2 Å². The normalized spacial score (nSPS) is 19.9. The fraction of sp³-hybridized carbons (Fsp3) is 0.706. The third-order valence-corrected chi connectivity index (χ3v) is 4.33. The Bertz CT molecular complexity index is 417. The van der Waals surface area contributed by atoms with Crippen LogP contribution in [0.1, 0.15) is 50.2 Å². The standard InChI is InChI=1S/C17H29N3/c1-4-6-15-7-5-9-20(10-8-15)17-14(2)11-16(12-18-3)13-19-17/h11,13,15,18H,4-10,12H2,1-3H3. The molecule has 1 N–H and O–H groups in total. The summed E-state index contributed by atoms with van der Waals surface area (Å²) in [5.74, 6) is 2.12. The molecule has 0 aliphatic carbocycles. The van der Waals surface area contributed by atoms with Crippen molar-refractivity contribution in [3.05, 3.63) is 23.4 Å². The minimum Gasteiger partial charge on any atom is -0.356 e. The average Bonchev–Trinajstić information content (AvgIpc) is 2.66. The van der Waals surface area contributed by atoms with Crippen LogP contribution in [-0.4, -0.2) is 25.1 Å². The van der Waals surface area contributed by atoms with E-state index in [4.69, 9.17) is 4.98 Å². The van der Waals surface area contributed by atoms with Crippen molar-refractivity contribution in [3.63, 3.8) is 0 Å². The first-order chi connectivity index (χ1) is 9.74. The second kappa shape index (κ2) is 7.63. The number of pyridine rings is 1. The molecule has 1 unspecified atom stereocenters. The molecule has 2 rings (SSSR count). The van der Waals surface area contributed by atoms with Gasteiger partial charge in [-0.3, -0.25) is 0 Å². The molecule has 1 aliphatic rings. The summed E-state index contributed by atoms with van der Waals surface area (Å²) < 4.78 is 0. The molecular weight excluding hydrogens is 246 g/mol. The molecule has 0 aromatic carbocycles. The fourth-order valence-corrected chi connectivity index (χ4v) is 3.33. The van der Waals surface area contributed by atoms with Gasteiger partial charge in [0.15, 0.2) is 0 Å². The third-order valence-electron chi connectivity index (χ3n) is 4.33. The van der Waals surface area contributed by atoms with Gasteiger partial charge >= 0.3 is 0 Å². The van der Waals surface area contributed by atoms with Crippen LogP contribution >= 0.6 is 0 Å². The van der Waals surface area contributed by atoms with Crippen LogP contribution < -0.4 is 10.2 Å². The summed E-state index contributed by atoms with van der Waals surface area (Å²) in [6.45, 7) is 7.72. The smallest absolute Gasteiger partial charge is 0.131 e. The van der Waals surface area contributed by atoms with Gasteiger partial charge in [-0.25, -0.2) is 4.98 Å². The fourth-order valence-electron chi connectivity index (χ4n) is 3.33. The third kappa shape index (κ3) is 3.95. The molecule has 0 spiro atoms. The minimum atomic E-state index is 0.896. The number of hydrogen-bond acceptors (Lipinski definition) is 3. The minimum absolute atomic E-state index is 0.896. The zero-order chi connectivity index (χ0) is 14.4. The first kappa shape index (κ1) is 15.3. The lowest BCUT2D eigenvalue weighted by molar-refractivity contribution is 0.435. The highest BCUT2D eigenvalue weighted by atomic mass is 15.2. The molecule has 20 heavy (non-hydrogen) atoms. The van der Waals surface area contributed by atoms with Crippen molar-refractivity contribution >= 4 is 5.82 Å². The van der Waals surface area contributed by atoms with E-state index < -0.39 is 0 Å². The first-order valence-corrected chi connectivity index (χ1v) is 8.09. The number of aromatic nitrogens is 1. The topological polar surface area (TPSA) is 28.2 Å². The Morgan fingerprint density at radius 2 is 2.20 bits per heavy atom. The van der Waals surface area contributed by atoms with Gasteiger partial charge in [0.1, 0.15) is 5.82 Å². The van der Waals surface area contributed by atoms with Gasteiger partial charge in [0.05, 0.1) is 0 Å². The maximum Gasteiger partial charge on any atom is 0.131 e. The first-order valence-electron chi connectivity index (χ1n) is 8.09. The van der Waals surface area contributed by atoms with Crippen molar-refractivity contribution in [1.82, 2.24) is 10.3 Å². The number of rotatable bonds is 5. The molecule has 1 atom stereocenters. The quantitative estimate of drug-likeness (QED) is 0.891. The summed E-state index contributed by atoms with van der Waals surface area (Å²) in [6.07, 6.45) is 8.76. The summed E-state index contributed by atoms with van der Waals surface area (Å²) >= 11 is 0. The molecule has 3 nitrogen and oxygen atoms in total. The molecule has 2 heterocycles. The van der Waals surface area contributed by atoms with Crippen molar-refractivity contribution < 1.29 is 0 Å². The maximum atomic E-state index is 4.72. The lowest BCUT2D eigenvalue weighted by atomic mass is 9.96. The van der Waals surface area contributed by atoms with Crippen molar-refractivity contribution in [2.45, 2.75) is 52.5 Å². The van der Waals surface area contributed by atoms with Crippen LogP contribution in [0.3, 0.4) is 0 Å². The molecule has 0 amide bonds. The van der Waals surface area contributed by atoms with E-state index in [1.165, 1.54) is 62.1 Å². The zero-order valence-corrected chi connectivity index (χ0v) is 13.3. The van der Waals surface area contributed by atoms with Gasteiger partial charge in [0.2, 0.25) is 0 Å². The Labute approximate surface area is 123 Å². The molecular formula is C17H29N3. The summed E-state index contributed by atoms with van der Waals surface area (Å²) in [7, 11) is 1.98. The predicted octanol–water partition coefficient (Wildman–Crippen LogP) is 3.52. The van der Waals surface area contributed by atoms with Gasteiger partial charge in [0.25, 0.3) is 0 Å². The Balaban J connectivity index is 2.03. The Morgan fingerprint density at radius 1 is 1.35 bits per heavy atom. The second-order valence-electron chi connectivity index (χ2n) is 6.09. The number of nitrogens with one attached hydrogen (secondary N) is 1. The van der Waals surface area contributed by atoms with Crippen LogP contribution in [0.2, 0.25) is 0 Å². The monoisotopic (exact) mass is 275 g/mol. The number of nitrogens with zero attached hydrogens (tertiary/aromatic N) is 2. The Hall–Kier alpha value is -1.09. The maximum absolute atomic E-state index is 4.72. The summed E-state index contributed by atoms with van der Waals surface area (Å²) in [5.41, 5.74) is 2.58. The molecule has 1 fully saturated rings. The summed E-state index contributed by atoms with van der Waals surface area (Å²) in [5, 5.41) is 3.19. The second-order valence-corrected chi connectivity index (χ2v) is 6.09. The SMILES string of the molecule is CCCC1CCCN(c2ncc(CNC)cc2C)CC1. The van der Waals surface area contributed by atoms with Crippen molar-refractivity contribution in [2.24, 2.45) is 5.92 Å². The van der Waals surface area contributed by atoms with Crippen LogP contribution in [0.5, 0.6) is 0 Å². The van der Waals surface area contributed by atoms with Crippen LogP contribution in [-0.2, 0) is 6.54 Å². The largest absolute Gasteiger partial charge is 0.356 e. The average molecular weight is 275 g/mol. The van der Waals surface area contributed by atoms with E-state index in [0.717, 1.165) is 12.5 Å². The van der Waals surface area contributed by atoms with Gasteiger partial charge in [-0.15, -0.1) is 0 Å². The zero-order valence-electron chi connectivity index (χ0n) is 13.3. The molecule has 3 heteroatoms. The lowest BCUT2D eigenvalue weighted by Gasteiger charge is -2.24. The van der Waals surface area contributed by atoms with Gasteiger partial charge in [-0.05, 0) is 56.3 Å². The van der Waals surface area contributed by atoms with Crippen LogP contribution in [0.4, 0.5) is 5.82 Å². The molecule has 0 radical (unpaired) electrons. The van der Waals surface area contributed by atoms with Crippen molar-refractivity contribution in [3.8, 4) is 0 Å². The Morgan fingerprint density at radius 3 is 2.90 bits per heavy atom. The van der Waals surface area contributed by atoms with Gasteiger partial charge in [0, 0.05) is 25.8 Å². The van der Waals surface area contributed by atoms with E-state index in [9.17, 15) is 0 Å². The van der Waals surface area contributed by atoms with E-state index in [1.54, 1.807) is 0 Å².